The first-order valence-electron chi connectivity index (χ1n) is 11.4. The molecule has 36 heavy (non-hydrogen) atoms. The number of cyclic esters (lactones) is 1. The molecule has 2 saturated heterocycles. The second-order valence-corrected chi connectivity index (χ2v) is 8.42. The van der Waals surface area contributed by atoms with Crippen LogP contribution in [0, 0.1) is 5.82 Å². The van der Waals surface area contributed by atoms with Crippen LogP contribution in [0.4, 0.5) is 20.6 Å². The van der Waals surface area contributed by atoms with E-state index in [2.05, 4.69) is 10.0 Å². The van der Waals surface area contributed by atoms with Crippen molar-refractivity contribution >= 4 is 29.5 Å². The average molecular weight is 494 g/mol. The first kappa shape index (κ1) is 23.3. The Morgan fingerprint density at radius 3 is 2.72 bits per heavy atom. The third-order valence-electron chi connectivity index (χ3n) is 6.21. The van der Waals surface area contributed by atoms with Gasteiger partial charge >= 0.3 is 6.09 Å². The summed E-state index contributed by atoms with van der Waals surface area (Å²) in [5.74, 6) is 0.748. The van der Waals surface area contributed by atoms with Gasteiger partial charge in [0.1, 0.15) is 11.9 Å². The number of anilines is 2. The minimum Gasteiger partial charge on any atom is -0.454 e. The number of halogens is 1. The maximum Gasteiger partial charge on any atom is 0.414 e. The van der Waals surface area contributed by atoms with Gasteiger partial charge in [0.15, 0.2) is 11.5 Å². The number of fused-ring (bicyclic) bond motifs is 1. The SMILES string of the molecule is [N-]=[N+]=NC[C@H]1CN(c2ccc(N3CCN(C(=O)/C=C/c4ccc5c(c4)OCO5)CC3)c(F)c2)C(=O)O1. The topological polar surface area (TPSA) is 120 Å². The Bertz CT molecular complexity index is 1260. The largest absolute Gasteiger partial charge is 0.454 e. The monoisotopic (exact) mass is 494 g/mol. The number of carbonyl (C=O) groups is 2. The van der Waals surface area contributed by atoms with Crippen LogP contribution in [0.3, 0.4) is 0 Å². The molecule has 0 saturated carbocycles. The number of amides is 2. The van der Waals surface area contributed by atoms with Crippen molar-refractivity contribution in [2.45, 2.75) is 6.10 Å². The summed E-state index contributed by atoms with van der Waals surface area (Å²) in [7, 11) is 0. The molecule has 3 aliphatic heterocycles. The van der Waals surface area contributed by atoms with Crippen LogP contribution in [0.5, 0.6) is 11.5 Å². The third kappa shape index (κ3) is 4.84. The molecule has 0 aromatic heterocycles. The van der Waals surface area contributed by atoms with E-state index in [1.165, 1.54) is 17.0 Å². The van der Waals surface area contributed by atoms with Gasteiger partial charge < -0.3 is 24.0 Å². The quantitative estimate of drug-likeness (QED) is 0.262. The van der Waals surface area contributed by atoms with E-state index in [-0.39, 0.29) is 25.8 Å². The normalized spacial score (nSPS) is 19.0. The van der Waals surface area contributed by atoms with Crippen molar-refractivity contribution in [1.29, 1.82) is 0 Å². The van der Waals surface area contributed by atoms with Crippen LogP contribution in [0.15, 0.2) is 47.6 Å². The maximum absolute atomic E-state index is 15.0. The minimum absolute atomic E-state index is 0.0220. The van der Waals surface area contributed by atoms with E-state index >= 15 is 0 Å². The Balaban J connectivity index is 1.17. The van der Waals surface area contributed by atoms with Crippen molar-refractivity contribution in [3.8, 4) is 11.5 Å². The second kappa shape index (κ2) is 10.0. The minimum atomic E-state index is -0.610. The first-order valence-corrected chi connectivity index (χ1v) is 11.4. The molecular weight excluding hydrogens is 471 g/mol. The number of hydrogen-bond donors (Lipinski definition) is 0. The zero-order chi connectivity index (χ0) is 25.1. The number of rotatable bonds is 6. The van der Waals surface area contributed by atoms with Gasteiger partial charge in [-0.3, -0.25) is 9.69 Å². The summed E-state index contributed by atoms with van der Waals surface area (Å²) >= 11 is 0. The zero-order valence-corrected chi connectivity index (χ0v) is 19.2. The van der Waals surface area contributed by atoms with Gasteiger partial charge in [-0.05, 0) is 47.5 Å². The Labute approximate surface area is 205 Å². The van der Waals surface area contributed by atoms with E-state index in [0.29, 0.717) is 49.1 Å². The number of ether oxygens (including phenoxy) is 3. The summed E-state index contributed by atoms with van der Waals surface area (Å²) < 4.78 is 30.8. The van der Waals surface area contributed by atoms with E-state index < -0.39 is 18.0 Å². The summed E-state index contributed by atoms with van der Waals surface area (Å²) in [6.45, 7) is 2.24. The van der Waals surface area contributed by atoms with Crippen molar-refractivity contribution in [2.24, 2.45) is 5.11 Å². The number of azide groups is 1. The van der Waals surface area contributed by atoms with Crippen LogP contribution < -0.4 is 19.3 Å². The van der Waals surface area contributed by atoms with Crippen LogP contribution in [0.1, 0.15) is 5.56 Å². The molecule has 1 atom stereocenters. The summed E-state index contributed by atoms with van der Waals surface area (Å²) in [6, 6.07) is 10.0. The van der Waals surface area contributed by atoms with Gasteiger partial charge in [0.05, 0.1) is 24.5 Å². The van der Waals surface area contributed by atoms with E-state index in [4.69, 9.17) is 19.7 Å². The van der Waals surface area contributed by atoms with E-state index in [1.54, 1.807) is 29.2 Å². The first-order chi connectivity index (χ1) is 17.5. The fourth-order valence-corrected chi connectivity index (χ4v) is 4.33. The summed E-state index contributed by atoms with van der Waals surface area (Å²) in [4.78, 5) is 32.3. The van der Waals surface area contributed by atoms with Gasteiger partial charge in [0.25, 0.3) is 0 Å². The highest BCUT2D eigenvalue weighted by Crippen LogP contribution is 2.33. The molecule has 0 spiro atoms. The molecule has 5 rings (SSSR count). The lowest BCUT2D eigenvalue weighted by atomic mass is 10.1. The Morgan fingerprint density at radius 1 is 1.14 bits per heavy atom. The highest BCUT2D eigenvalue weighted by molar-refractivity contribution is 5.92. The van der Waals surface area contributed by atoms with Crippen LogP contribution in [0.2, 0.25) is 0 Å². The van der Waals surface area contributed by atoms with Crippen molar-refractivity contribution in [1.82, 2.24) is 4.90 Å². The lowest BCUT2D eigenvalue weighted by molar-refractivity contribution is -0.126. The summed E-state index contributed by atoms with van der Waals surface area (Å²) in [6.07, 6.45) is 2.07. The van der Waals surface area contributed by atoms with Crippen molar-refractivity contribution in [3.63, 3.8) is 0 Å². The van der Waals surface area contributed by atoms with Crippen LogP contribution in [-0.4, -0.2) is 69.1 Å². The van der Waals surface area contributed by atoms with Crippen LogP contribution >= 0.6 is 0 Å². The van der Waals surface area contributed by atoms with E-state index in [1.807, 2.05) is 17.0 Å². The highest BCUT2D eigenvalue weighted by Gasteiger charge is 2.32. The molecule has 0 N–H and O–H groups in total. The molecule has 3 aliphatic rings. The van der Waals surface area contributed by atoms with Crippen molar-refractivity contribution in [2.75, 3.05) is 55.9 Å². The number of carbonyl (C=O) groups excluding carboxylic acids is 2. The molecule has 186 valence electrons. The molecule has 3 heterocycles. The number of piperazine rings is 1. The van der Waals surface area contributed by atoms with Gasteiger partial charge in [0.2, 0.25) is 12.7 Å². The van der Waals surface area contributed by atoms with Crippen LogP contribution in [0.25, 0.3) is 16.5 Å². The van der Waals surface area contributed by atoms with Gasteiger partial charge in [-0.2, -0.15) is 0 Å². The second-order valence-electron chi connectivity index (χ2n) is 8.42. The van der Waals surface area contributed by atoms with Crippen molar-refractivity contribution < 1.29 is 28.2 Å². The molecule has 0 bridgehead atoms. The Morgan fingerprint density at radius 2 is 1.94 bits per heavy atom. The van der Waals surface area contributed by atoms with E-state index in [9.17, 15) is 14.0 Å². The molecule has 2 aromatic carbocycles. The van der Waals surface area contributed by atoms with Gasteiger partial charge in [0, 0.05) is 37.2 Å². The Hall–Kier alpha value is -4.44. The molecule has 0 radical (unpaired) electrons. The maximum atomic E-state index is 15.0. The molecule has 2 aromatic rings. The fraction of sp³-hybridized carbons (Fsp3) is 0.333. The predicted molar refractivity (Wildman–Crippen MR) is 128 cm³/mol. The molecule has 11 nitrogen and oxygen atoms in total. The Kier molecular flexibility index (Phi) is 6.50. The smallest absolute Gasteiger partial charge is 0.414 e. The van der Waals surface area contributed by atoms with Gasteiger partial charge in [-0.15, -0.1) is 0 Å². The highest BCUT2D eigenvalue weighted by atomic mass is 19.1. The number of nitrogens with zero attached hydrogens (tertiary/aromatic N) is 6. The molecule has 12 heteroatoms. The molecule has 0 aliphatic carbocycles. The number of hydrogen-bond acceptors (Lipinski definition) is 7. The molecular formula is C24H23FN6O5. The van der Waals surface area contributed by atoms with Gasteiger partial charge in [-0.1, -0.05) is 11.2 Å². The standard InChI is InChI=1S/C24H23FN6O5/c25-19-12-17(31-14-18(13-27-28-26)36-24(31)33)3-4-20(19)29-7-9-30(10-8-29)23(32)6-2-16-1-5-21-22(11-16)35-15-34-21/h1-6,11-12,18H,7-10,13-15H2/b6-2+/t18-/m0/s1. The lowest BCUT2D eigenvalue weighted by Gasteiger charge is -2.36. The fourth-order valence-electron chi connectivity index (χ4n) is 4.33. The number of benzene rings is 2. The molecule has 0 unspecified atom stereocenters. The summed E-state index contributed by atoms with van der Waals surface area (Å²) in [5, 5.41) is 3.42. The molecule has 2 amide bonds. The average Bonchev–Trinajstić information content (AvgIpc) is 3.52. The van der Waals surface area contributed by atoms with Crippen molar-refractivity contribution in [3.05, 3.63) is 64.3 Å². The van der Waals surface area contributed by atoms with Crippen LogP contribution in [-0.2, 0) is 9.53 Å². The lowest BCUT2D eigenvalue weighted by Crippen LogP contribution is -2.48. The van der Waals surface area contributed by atoms with E-state index in [0.717, 1.165) is 5.56 Å². The zero-order valence-electron chi connectivity index (χ0n) is 19.2. The predicted octanol–water partition coefficient (Wildman–Crippen LogP) is 3.55. The summed E-state index contributed by atoms with van der Waals surface area (Å²) in [5.41, 5.74) is 10.0. The molecule has 2 fully saturated rings. The third-order valence-corrected chi connectivity index (χ3v) is 6.21. The van der Waals surface area contributed by atoms with Gasteiger partial charge in [-0.25, -0.2) is 9.18 Å².